The van der Waals surface area contributed by atoms with Crippen LogP contribution in [-0.4, -0.2) is 43.1 Å². The van der Waals surface area contributed by atoms with Crippen LogP contribution in [0.3, 0.4) is 0 Å². The van der Waals surface area contributed by atoms with Gasteiger partial charge in [-0.25, -0.2) is 5.01 Å². The first-order valence-corrected chi connectivity index (χ1v) is 7.83. The first kappa shape index (κ1) is 21.3. The molecule has 1 aromatic rings. The van der Waals surface area contributed by atoms with Gasteiger partial charge in [-0.15, -0.1) is 0 Å². The van der Waals surface area contributed by atoms with Gasteiger partial charge in [-0.05, 0) is 49.1 Å². The van der Waals surface area contributed by atoms with E-state index in [1.807, 2.05) is 31.2 Å². The number of benzene rings is 1. The number of carbonyl (C=O) groups excluding carboxylic acids is 1. The Balaban J connectivity index is 3.37. The van der Waals surface area contributed by atoms with Crippen molar-refractivity contribution in [1.82, 2.24) is 5.01 Å². The molecule has 0 N–H and O–H groups in total. The van der Waals surface area contributed by atoms with E-state index >= 15 is 0 Å². The minimum atomic E-state index is -4.66. The van der Waals surface area contributed by atoms with Crippen molar-refractivity contribution in [2.45, 2.75) is 26.9 Å². The zero-order valence-corrected chi connectivity index (χ0v) is 15.3. The third-order valence-electron chi connectivity index (χ3n) is 3.70. The molecule has 0 aliphatic rings. The predicted octanol–water partition coefficient (Wildman–Crippen LogP) is 4.42. The lowest BCUT2D eigenvalue weighted by Gasteiger charge is -2.22. The Bertz CT molecular complexity index is 762. The quantitative estimate of drug-likeness (QED) is 0.246. The summed E-state index contributed by atoms with van der Waals surface area (Å²) in [6, 6.07) is 7.43. The highest BCUT2D eigenvalue weighted by Gasteiger charge is 2.39. The number of hydrogen-bond acceptors (Lipinski definition) is 3. The third kappa shape index (κ3) is 5.98. The van der Waals surface area contributed by atoms with Gasteiger partial charge in [0.25, 0.3) is 0 Å². The van der Waals surface area contributed by atoms with Gasteiger partial charge in [-0.3, -0.25) is 9.79 Å². The fourth-order valence-electron chi connectivity index (χ4n) is 2.21. The maximum absolute atomic E-state index is 13.1. The SMILES string of the molecule is C=NN(CC(=C/c1ccccc1C)/C=C(\C)C(C)=O)C(=NC)C(F)(F)F. The smallest absolute Gasteiger partial charge is 0.295 e. The van der Waals surface area contributed by atoms with E-state index in [0.29, 0.717) is 16.2 Å². The number of hydrogen-bond donors (Lipinski definition) is 0. The number of nitrogens with zero attached hydrogens (tertiary/aromatic N) is 3. The molecule has 0 spiro atoms. The number of rotatable bonds is 6. The Morgan fingerprint density at radius 3 is 2.35 bits per heavy atom. The van der Waals surface area contributed by atoms with E-state index in [1.54, 1.807) is 19.1 Å². The summed E-state index contributed by atoms with van der Waals surface area (Å²) in [6.07, 6.45) is -1.39. The number of aryl methyl sites for hydroxylation is 1. The van der Waals surface area contributed by atoms with E-state index < -0.39 is 12.0 Å². The normalized spacial score (nSPS) is 13.6. The molecular weight excluding hydrogens is 343 g/mol. The molecule has 0 radical (unpaired) electrons. The summed E-state index contributed by atoms with van der Waals surface area (Å²) < 4.78 is 39.4. The Morgan fingerprint density at radius 2 is 1.88 bits per heavy atom. The van der Waals surface area contributed by atoms with Gasteiger partial charge in [0.2, 0.25) is 5.84 Å². The van der Waals surface area contributed by atoms with Gasteiger partial charge < -0.3 is 0 Å². The van der Waals surface area contributed by atoms with Crippen LogP contribution in [0.1, 0.15) is 25.0 Å². The molecule has 140 valence electrons. The van der Waals surface area contributed by atoms with Gasteiger partial charge in [0.1, 0.15) is 0 Å². The van der Waals surface area contributed by atoms with E-state index in [1.165, 1.54) is 6.92 Å². The Kier molecular flexibility index (Phi) is 7.49. The molecule has 0 saturated carbocycles. The van der Waals surface area contributed by atoms with Crippen molar-refractivity contribution in [3.63, 3.8) is 0 Å². The number of hydrazone groups is 1. The maximum atomic E-state index is 13.1. The summed E-state index contributed by atoms with van der Waals surface area (Å²) in [5.41, 5.74) is 2.69. The Morgan fingerprint density at radius 1 is 1.27 bits per heavy atom. The Hall–Kier alpha value is -2.70. The predicted molar refractivity (Wildman–Crippen MR) is 99.3 cm³/mol. The van der Waals surface area contributed by atoms with Crippen molar-refractivity contribution in [2.75, 3.05) is 13.6 Å². The number of aliphatic imine (C=N–C) groups is 1. The van der Waals surface area contributed by atoms with Crippen LogP contribution in [0.15, 0.2) is 51.6 Å². The van der Waals surface area contributed by atoms with Crippen LogP contribution in [0.25, 0.3) is 6.08 Å². The number of amidine groups is 1. The molecule has 1 aromatic carbocycles. The molecule has 0 bridgehead atoms. The molecular formula is C19H22F3N3O. The summed E-state index contributed by atoms with van der Waals surface area (Å²) in [4.78, 5) is 14.8. The lowest BCUT2D eigenvalue weighted by Crippen LogP contribution is -2.38. The molecule has 7 heteroatoms. The summed E-state index contributed by atoms with van der Waals surface area (Å²) in [7, 11) is 1.04. The zero-order valence-electron chi connectivity index (χ0n) is 15.3. The van der Waals surface area contributed by atoms with Crippen LogP contribution in [0.5, 0.6) is 0 Å². The van der Waals surface area contributed by atoms with Crippen LogP contribution in [0.2, 0.25) is 0 Å². The van der Waals surface area contributed by atoms with Crippen LogP contribution in [-0.2, 0) is 4.79 Å². The second-order valence-corrected chi connectivity index (χ2v) is 5.70. The number of halogens is 3. The van der Waals surface area contributed by atoms with E-state index in [9.17, 15) is 18.0 Å². The molecule has 0 atom stereocenters. The van der Waals surface area contributed by atoms with E-state index in [4.69, 9.17) is 0 Å². The van der Waals surface area contributed by atoms with Gasteiger partial charge in [-0.1, -0.05) is 30.3 Å². The van der Waals surface area contributed by atoms with E-state index in [2.05, 4.69) is 16.8 Å². The van der Waals surface area contributed by atoms with E-state index in [0.717, 1.165) is 18.2 Å². The Labute approximate surface area is 151 Å². The van der Waals surface area contributed by atoms with Gasteiger partial charge >= 0.3 is 6.18 Å². The largest absolute Gasteiger partial charge is 0.450 e. The lowest BCUT2D eigenvalue weighted by atomic mass is 10.0. The first-order chi connectivity index (χ1) is 12.1. The number of allylic oxidation sites excluding steroid dienone is 1. The maximum Gasteiger partial charge on any atom is 0.450 e. The molecule has 0 saturated heterocycles. The van der Waals surface area contributed by atoms with Crippen molar-refractivity contribution in [3.8, 4) is 0 Å². The minimum absolute atomic E-state index is 0.168. The van der Waals surface area contributed by atoms with Gasteiger partial charge in [0.15, 0.2) is 5.78 Å². The van der Waals surface area contributed by atoms with Crippen LogP contribution in [0, 0.1) is 6.92 Å². The van der Waals surface area contributed by atoms with Crippen LogP contribution in [0.4, 0.5) is 13.2 Å². The number of Topliss-reactive ketones (excluding diaryl/α,β-unsaturated/α-hetero) is 1. The van der Waals surface area contributed by atoms with Crippen molar-refractivity contribution >= 4 is 24.4 Å². The fourth-order valence-corrected chi connectivity index (χ4v) is 2.21. The van der Waals surface area contributed by atoms with Crippen molar-refractivity contribution in [1.29, 1.82) is 0 Å². The zero-order chi connectivity index (χ0) is 19.9. The molecule has 0 heterocycles. The van der Waals surface area contributed by atoms with E-state index in [-0.39, 0.29) is 12.3 Å². The summed E-state index contributed by atoms with van der Waals surface area (Å²) in [5, 5.41) is 4.13. The second kappa shape index (κ2) is 9.12. The molecule has 1 rings (SSSR count). The average molecular weight is 365 g/mol. The van der Waals surface area contributed by atoms with Gasteiger partial charge in [-0.2, -0.15) is 18.3 Å². The third-order valence-corrected chi connectivity index (χ3v) is 3.70. The molecule has 4 nitrogen and oxygen atoms in total. The van der Waals surface area contributed by atoms with Crippen molar-refractivity contribution in [3.05, 3.63) is 52.6 Å². The highest BCUT2D eigenvalue weighted by atomic mass is 19.4. The van der Waals surface area contributed by atoms with Crippen LogP contribution < -0.4 is 0 Å². The highest BCUT2D eigenvalue weighted by molar-refractivity contribution is 5.93. The molecule has 26 heavy (non-hydrogen) atoms. The van der Waals surface area contributed by atoms with Crippen LogP contribution >= 0.6 is 0 Å². The number of carbonyl (C=O) groups is 1. The standard InChI is InChI=1S/C19H22F3N3O/c1-13-8-6-7-9-17(13)11-16(10-14(2)15(3)26)12-25(24-5)18(23-4)19(20,21)22/h6-11H,5,12H2,1-4H3/b14-10+,16-11+,23-18?. The molecule has 0 aliphatic carbocycles. The topological polar surface area (TPSA) is 45.0 Å². The average Bonchev–Trinajstić information content (AvgIpc) is 2.55. The molecule has 0 aliphatic heterocycles. The molecule has 0 aromatic heterocycles. The fraction of sp³-hybridized carbons (Fsp3) is 0.316. The van der Waals surface area contributed by atoms with Crippen molar-refractivity contribution in [2.24, 2.45) is 10.1 Å². The van der Waals surface area contributed by atoms with Crippen molar-refractivity contribution < 1.29 is 18.0 Å². The number of ketones is 1. The monoisotopic (exact) mass is 365 g/mol. The summed E-state index contributed by atoms with van der Waals surface area (Å²) in [5.74, 6) is -1.32. The molecule has 0 amide bonds. The lowest BCUT2D eigenvalue weighted by molar-refractivity contribution is -0.113. The molecule has 0 unspecified atom stereocenters. The molecule has 0 fully saturated rings. The highest BCUT2D eigenvalue weighted by Crippen LogP contribution is 2.22. The van der Waals surface area contributed by atoms with Gasteiger partial charge in [0.05, 0.1) is 6.54 Å². The second-order valence-electron chi connectivity index (χ2n) is 5.70. The first-order valence-electron chi connectivity index (χ1n) is 7.83. The number of alkyl halides is 3. The summed E-state index contributed by atoms with van der Waals surface area (Å²) in [6.45, 7) is 7.89. The summed E-state index contributed by atoms with van der Waals surface area (Å²) >= 11 is 0. The minimum Gasteiger partial charge on any atom is -0.295 e. The van der Waals surface area contributed by atoms with Gasteiger partial charge in [0, 0.05) is 13.8 Å².